The second-order valence-electron chi connectivity index (χ2n) is 6.99. The number of methoxy groups -OCH3 is 1. The fourth-order valence-electron chi connectivity index (χ4n) is 2.64. The molecule has 5 nitrogen and oxygen atoms in total. The summed E-state index contributed by atoms with van der Waals surface area (Å²) < 4.78 is 11.3. The van der Waals surface area contributed by atoms with E-state index in [2.05, 4.69) is 37.5 Å². The maximum Gasteiger partial charge on any atom is 0.251 e. The van der Waals surface area contributed by atoms with Gasteiger partial charge in [-0.2, -0.15) is 0 Å². The highest BCUT2D eigenvalue weighted by Gasteiger charge is 2.11. The van der Waals surface area contributed by atoms with Gasteiger partial charge in [-0.15, -0.1) is 0 Å². The van der Waals surface area contributed by atoms with Gasteiger partial charge < -0.3 is 20.1 Å². The minimum absolute atomic E-state index is 0.0743. The Balaban J connectivity index is 1.98. The minimum Gasteiger partial charge on any atom is -0.493 e. The Bertz CT molecular complexity index is 742. The van der Waals surface area contributed by atoms with Crippen molar-refractivity contribution in [2.24, 2.45) is 5.92 Å². The number of nitrogens with one attached hydrogen (secondary N) is 2. The molecular weight excluding hydrogens is 340 g/mol. The first-order valence-electron chi connectivity index (χ1n) is 9.29. The van der Waals surface area contributed by atoms with Gasteiger partial charge in [0, 0.05) is 25.2 Å². The molecule has 0 aromatic heterocycles. The van der Waals surface area contributed by atoms with Crippen LogP contribution in [0.25, 0.3) is 0 Å². The van der Waals surface area contributed by atoms with Crippen LogP contribution < -0.4 is 20.1 Å². The standard InChI is InChI=1S/C22H30N2O3/c1-15(2)14-27-20-11-10-19(12-21(20)26-5)16(3)24-13-17-6-8-18(9-7-17)22(25)23-4/h6-12,15-16,24H,13-14H2,1-5H3,(H,23,25). The summed E-state index contributed by atoms with van der Waals surface area (Å²) >= 11 is 0. The fraction of sp³-hybridized carbons (Fsp3) is 0.409. The zero-order valence-electron chi connectivity index (χ0n) is 16.8. The summed E-state index contributed by atoms with van der Waals surface area (Å²) in [5.41, 5.74) is 2.92. The van der Waals surface area contributed by atoms with Gasteiger partial charge in [0.1, 0.15) is 0 Å². The van der Waals surface area contributed by atoms with Gasteiger partial charge >= 0.3 is 0 Å². The van der Waals surface area contributed by atoms with Crippen molar-refractivity contribution in [3.63, 3.8) is 0 Å². The lowest BCUT2D eigenvalue weighted by Gasteiger charge is -2.18. The lowest BCUT2D eigenvalue weighted by molar-refractivity contribution is 0.0963. The Morgan fingerprint density at radius 2 is 1.74 bits per heavy atom. The van der Waals surface area contributed by atoms with Crippen LogP contribution in [0.5, 0.6) is 11.5 Å². The lowest BCUT2D eigenvalue weighted by atomic mass is 10.1. The molecule has 0 saturated carbocycles. The first kappa shape index (κ1) is 20.8. The molecule has 1 atom stereocenters. The number of rotatable bonds is 9. The Morgan fingerprint density at radius 3 is 2.33 bits per heavy atom. The molecule has 2 aromatic carbocycles. The summed E-state index contributed by atoms with van der Waals surface area (Å²) in [4.78, 5) is 11.6. The maximum absolute atomic E-state index is 11.6. The first-order chi connectivity index (χ1) is 12.9. The van der Waals surface area contributed by atoms with E-state index < -0.39 is 0 Å². The molecule has 0 heterocycles. The van der Waals surface area contributed by atoms with Crippen LogP contribution in [0.3, 0.4) is 0 Å². The Morgan fingerprint density at radius 1 is 1.04 bits per heavy atom. The zero-order valence-corrected chi connectivity index (χ0v) is 16.8. The average molecular weight is 370 g/mol. The molecule has 0 aliphatic rings. The third-order valence-corrected chi connectivity index (χ3v) is 4.32. The van der Waals surface area contributed by atoms with Crippen molar-refractivity contribution < 1.29 is 14.3 Å². The van der Waals surface area contributed by atoms with E-state index in [9.17, 15) is 4.79 Å². The molecule has 2 rings (SSSR count). The number of ether oxygens (including phenoxy) is 2. The maximum atomic E-state index is 11.6. The van der Waals surface area contributed by atoms with Gasteiger partial charge in [0.15, 0.2) is 11.5 Å². The molecule has 27 heavy (non-hydrogen) atoms. The Hall–Kier alpha value is -2.53. The molecule has 146 valence electrons. The van der Waals surface area contributed by atoms with E-state index in [1.54, 1.807) is 14.2 Å². The van der Waals surface area contributed by atoms with Crippen molar-refractivity contribution in [1.82, 2.24) is 10.6 Å². The topological polar surface area (TPSA) is 59.6 Å². The van der Waals surface area contributed by atoms with E-state index in [4.69, 9.17) is 9.47 Å². The summed E-state index contributed by atoms with van der Waals surface area (Å²) in [5.74, 6) is 1.91. The summed E-state index contributed by atoms with van der Waals surface area (Å²) in [6, 6.07) is 13.8. The fourth-order valence-corrected chi connectivity index (χ4v) is 2.64. The number of hydrogen-bond donors (Lipinski definition) is 2. The van der Waals surface area contributed by atoms with Crippen molar-refractivity contribution in [1.29, 1.82) is 0 Å². The van der Waals surface area contributed by atoms with Gasteiger partial charge in [0.05, 0.1) is 13.7 Å². The van der Waals surface area contributed by atoms with E-state index in [0.717, 1.165) is 22.6 Å². The molecule has 0 bridgehead atoms. The smallest absolute Gasteiger partial charge is 0.251 e. The van der Waals surface area contributed by atoms with Crippen LogP contribution in [0.2, 0.25) is 0 Å². The predicted molar refractivity (Wildman–Crippen MR) is 108 cm³/mol. The average Bonchev–Trinajstić information content (AvgIpc) is 2.69. The van der Waals surface area contributed by atoms with E-state index in [1.165, 1.54) is 0 Å². The highest BCUT2D eigenvalue weighted by atomic mass is 16.5. The molecule has 2 N–H and O–H groups in total. The van der Waals surface area contributed by atoms with E-state index >= 15 is 0 Å². The van der Waals surface area contributed by atoms with Crippen LogP contribution in [-0.2, 0) is 6.54 Å². The predicted octanol–water partition coefficient (Wildman–Crippen LogP) is 3.94. The van der Waals surface area contributed by atoms with Crippen LogP contribution in [0.1, 0.15) is 48.3 Å². The Kier molecular flexibility index (Phi) is 7.67. The summed E-state index contributed by atoms with van der Waals surface area (Å²) in [5, 5.41) is 6.13. The second kappa shape index (κ2) is 9.97. The molecule has 0 fully saturated rings. The number of carbonyl (C=O) groups excluding carboxylic acids is 1. The quantitative estimate of drug-likeness (QED) is 0.702. The summed E-state index contributed by atoms with van der Waals surface area (Å²) in [6.07, 6.45) is 0. The normalized spacial score (nSPS) is 11.9. The van der Waals surface area contributed by atoms with Gasteiger partial charge in [-0.25, -0.2) is 0 Å². The van der Waals surface area contributed by atoms with E-state index in [1.807, 2.05) is 36.4 Å². The van der Waals surface area contributed by atoms with Crippen molar-refractivity contribution in [2.75, 3.05) is 20.8 Å². The number of amides is 1. The van der Waals surface area contributed by atoms with Crippen LogP contribution in [0.15, 0.2) is 42.5 Å². The number of carbonyl (C=O) groups is 1. The van der Waals surface area contributed by atoms with Gasteiger partial charge in [0.2, 0.25) is 0 Å². The molecule has 0 aliphatic heterocycles. The SMILES string of the molecule is CNC(=O)c1ccc(CNC(C)c2ccc(OCC(C)C)c(OC)c2)cc1. The largest absolute Gasteiger partial charge is 0.493 e. The van der Waals surface area contributed by atoms with Gasteiger partial charge in [0.25, 0.3) is 5.91 Å². The third-order valence-electron chi connectivity index (χ3n) is 4.32. The van der Waals surface area contributed by atoms with Crippen molar-refractivity contribution in [2.45, 2.75) is 33.4 Å². The highest BCUT2D eigenvalue weighted by Crippen LogP contribution is 2.30. The third kappa shape index (κ3) is 6.00. The molecule has 5 heteroatoms. The first-order valence-corrected chi connectivity index (χ1v) is 9.29. The van der Waals surface area contributed by atoms with Crippen molar-refractivity contribution in [3.8, 4) is 11.5 Å². The summed E-state index contributed by atoms with van der Waals surface area (Å²) in [6.45, 7) is 7.73. The van der Waals surface area contributed by atoms with Crippen LogP contribution in [0, 0.1) is 5.92 Å². The van der Waals surface area contributed by atoms with E-state index in [0.29, 0.717) is 24.6 Å². The van der Waals surface area contributed by atoms with Crippen molar-refractivity contribution >= 4 is 5.91 Å². The highest BCUT2D eigenvalue weighted by molar-refractivity contribution is 5.93. The molecule has 2 aromatic rings. The molecule has 1 unspecified atom stereocenters. The number of benzene rings is 2. The van der Waals surface area contributed by atoms with Gasteiger partial charge in [-0.3, -0.25) is 4.79 Å². The molecule has 0 spiro atoms. The Labute approximate surface area is 162 Å². The molecular formula is C22H30N2O3. The second-order valence-corrected chi connectivity index (χ2v) is 6.99. The molecule has 1 amide bonds. The molecule has 0 saturated heterocycles. The number of hydrogen-bond acceptors (Lipinski definition) is 4. The molecule has 0 radical (unpaired) electrons. The van der Waals surface area contributed by atoms with Crippen molar-refractivity contribution in [3.05, 3.63) is 59.2 Å². The van der Waals surface area contributed by atoms with Crippen LogP contribution in [0.4, 0.5) is 0 Å². The molecule has 0 aliphatic carbocycles. The lowest BCUT2D eigenvalue weighted by Crippen LogP contribution is -2.19. The van der Waals surface area contributed by atoms with Gasteiger partial charge in [-0.05, 0) is 48.2 Å². The van der Waals surface area contributed by atoms with Crippen LogP contribution in [-0.4, -0.2) is 26.7 Å². The summed E-state index contributed by atoms with van der Waals surface area (Å²) in [7, 11) is 3.29. The van der Waals surface area contributed by atoms with Crippen LogP contribution >= 0.6 is 0 Å². The minimum atomic E-state index is -0.0743. The zero-order chi connectivity index (χ0) is 19.8. The van der Waals surface area contributed by atoms with Gasteiger partial charge in [-0.1, -0.05) is 32.0 Å². The monoisotopic (exact) mass is 370 g/mol. The van der Waals surface area contributed by atoms with E-state index in [-0.39, 0.29) is 11.9 Å².